The number of hydrogen-bond donors (Lipinski definition) is 3. The highest BCUT2D eigenvalue weighted by atomic mass is 16.5. The van der Waals surface area contributed by atoms with Crippen LogP contribution < -0.4 is 10.6 Å². The summed E-state index contributed by atoms with van der Waals surface area (Å²) < 4.78 is 9.91. The van der Waals surface area contributed by atoms with Crippen molar-refractivity contribution < 1.29 is 28.6 Å². The van der Waals surface area contributed by atoms with E-state index in [0.717, 1.165) is 5.56 Å². The summed E-state index contributed by atoms with van der Waals surface area (Å²) in [5.74, 6) is -1.86. The Morgan fingerprint density at radius 2 is 1.88 bits per heavy atom. The minimum Gasteiger partial charge on any atom is -0.480 e. The summed E-state index contributed by atoms with van der Waals surface area (Å²) in [6.45, 7) is -0.241. The lowest BCUT2D eigenvalue weighted by Gasteiger charge is -2.18. The van der Waals surface area contributed by atoms with Gasteiger partial charge in [0.1, 0.15) is 12.6 Å². The third-order valence-electron chi connectivity index (χ3n) is 3.42. The third kappa shape index (κ3) is 6.40. The fourth-order valence-electron chi connectivity index (χ4n) is 2.23. The predicted molar refractivity (Wildman–Crippen MR) is 91.6 cm³/mol. The Kier molecular flexibility index (Phi) is 7.38. The molecule has 0 saturated carbocycles. The SMILES string of the molecule is O=C(O)COCCNC(=O)C(Cc1ccccc1)NC(=O)c1ccco1. The summed E-state index contributed by atoms with van der Waals surface area (Å²) in [4.78, 5) is 35.0. The first kappa shape index (κ1) is 19.2. The van der Waals surface area contributed by atoms with Gasteiger partial charge in [0.15, 0.2) is 5.76 Å². The summed E-state index contributed by atoms with van der Waals surface area (Å²) in [6, 6.07) is 11.5. The molecule has 2 aromatic rings. The van der Waals surface area contributed by atoms with Crippen LogP contribution in [0.5, 0.6) is 0 Å². The van der Waals surface area contributed by atoms with Crippen LogP contribution in [0.4, 0.5) is 0 Å². The van der Waals surface area contributed by atoms with Crippen molar-refractivity contribution >= 4 is 17.8 Å². The van der Waals surface area contributed by atoms with Crippen molar-refractivity contribution in [2.24, 2.45) is 0 Å². The van der Waals surface area contributed by atoms with Crippen LogP contribution in [-0.2, 0) is 20.7 Å². The first-order chi connectivity index (χ1) is 12.6. The average Bonchev–Trinajstić information content (AvgIpc) is 3.16. The summed E-state index contributed by atoms with van der Waals surface area (Å²) in [5.41, 5.74) is 0.884. The number of benzene rings is 1. The predicted octanol–water partition coefficient (Wildman–Crippen LogP) is 0.838. The number of rotatable bonds is 10. The number of carboxylic acid groups (broad SMARTS) is 1. The highest BCUT2D eigenvalue weighted by Crippen LogP contribution is 2.06. The molecular formula is C18H20N2O6. The molecule has 138 valence electrons. The van der Waals surface area contributed by atoms with Gasteiger partial charge in [-0.05, 0) is 17.7 Å². The number of ether oxygens (including phenoxy) is 1. The largest absolute Gasteiger partial charge is 0.480 e. The highest BCUT2D eigenvalue weighted by Gasteiger charge is 2.22. The Balaban J connectivity index is 1.94. The van der Waals surface area contributed by atoms with Crippen LogP contribution in [0.25, 0.3) is 0 Å². The number of hydrogen-bond acceptors (Lipinski definition) is 5. The zero-order valence-electron chi connectivity index (χ0n) is 14.0. The second kappa shape index (κ2) is 10.00. The molecular weight excluding hydrogens is 340 g/mol. The fourth-order valence-corrected chi connectivity index (χ4v) is 2.23. The van der Waals surface area contributed by atoms with Gasteiger partial charge in [0.05, 0.1) is 12.9 Å². The third-order valence-corrected chi connectivity index (χ3v) is 3.42. The number of amides is 2. The van der Waals surface area contributed by atoms with E-state index in [9.17, 15) is 14.4 Å². The lowest BCUT2D eigenvalue weighted by Crippen LogP contribution is -2.48. The van der Waals surface area contributed by atoms with Crippen molar-refractivity contribution in [3.63, 3.8) is 0 Å². The number of nitrogens with one attached hydrogen (secondary N) is 2. The molecule has 26 heavy (non-hydrogen) atoms. The quantitative estimate of drug-likeness (QED) is 0.541. The summed E-state index contributed by atoms with van der Waals surface area (Å²) in [7, 11) is 0. The maximum Gasteiger partial charge on any atom is 0.329 e. The normalized spacial score (nSPS) is 11.5. The second-order valence-corrected chi connectivity index (χ2v) is 5.43. The van der Waals surface area contributed by atoms with Crippen LogP contribution in [0.3, 0.4) is 0 Å². The van der Waals surface area contributed by atoms with Gasteiger partial charge in [-0.1, -0.05) is 30.3 Å². The van der Waals surface area contributed by atoms with E-state index in [1.807, 2.05) is 30.3 Å². The Morgan fingerprint density at radius 3 is 2.54 bits per heavy atom. The van der Waals surface area contributed by atoms with Crippen LogP contribution in [-0.4, -0.2) is 48.7 Å². The number of carboxylic acids is 1. The number of furan rings is 1. The second-order valence-electron chi connectivity index (χ2n) is 5.43. The molecule has 0 fully saturated rings. The minimum absolute atomic E-state index is 0.0578. The van der Waals surface area contributed by atoms with Gasteiger partial charge in [-0.3, -0.25) is 9.59 Å². The van der Waals surface area contributed by atoms with Crippen molar-refractivity contribution in [1.29, 1.82) is 0 Å². The molecule has 1 heterocycles. The molecule has 0 aliphatic heterocycles. The van der Waals surface area contributed by atoms with Crippen LogP contribution in [0, 0.1) is 0 Å². The van der Waals surface area contributed by atoms with Gasteiger partial charge in [-0.15, -0.1) is 0 Å². The van der Waals surface area contributed by atoms with Crippen LogP contribution in [0.15, 0.2) is 53.1 Å². The van der Waals surface area contributed by atoms with Crippen molar-refractivity contribution in [3.05, 3.63) is 60.1 Å². The Morgan fingerprint density at radius 1 is 1.12 bits per heavy atom. The van der Waals surface area contributed by atoms with E-state index in [-0.39, 0.29) is 18.9 Å². The first-order valence-corrected chi connectivity index (χ1v) is 8.02. The molecule has 2 amide bonds. The Bertz CT molecular complexity index is 715. The van der Waals surface area contributed by atoms with E-state index in [1.165, 1.54) is 12.3 Å². The van der Waals surface area contributed by atoms with Gasteiger partial charge < -0.3 is 24.9 Å². The van der Waals surface area contributed by atoms with Gasteiger partial charge in [0.25, 0.3) is 5.91 Å². The maximum atomic E-state index is 12.4. The van der Waals surface area contributed by atoms with E-state index in [1.54, 1.807) is 6.07 Å². The lowest BCUT2D eigenvalue weighted by atomic mass is 10.1. The molecule has 0 radical (unpaired) electrons. The molecule has 1 atom stereocenters. The molecule has 0 aliphatic carbocycles. The Hall–Kier alpha value is -3.13. The monoisotopic (exact) mass is 360 g/mol. The number of aliphatic carboxylic acids is 1. The molecule has 1 aromatic carbocycles. The summed E-state index contributed by atoms with van der Waals surface area (Å²) >= 11 is 0. The molecule has 2 rings (SSSR count). The van der Waals surface area contributed by atoms with Crippen molar-refractivity contribution in [1.82, 2.24) is 10.6 Å². The van der Waals surface area contributed by atoms with E-state index in [4.69, 9.17) is 14.3 Å². The van der Waals surface area contributed by atoms with Gasteiger partial charge in [-0.25, -0.2) is 4.79 Å². The van der Waals surface area contributed by atoms with E-state index < -0.39 is 30.4 Å². The zero-order valence-corrected chi connectivity index (χ0v) is 14.0. The maximum absolute atomic E-state index is 12.4. The van der Waals surface area contributed by atoms with Crippen LogP contribution in [0.1, 0.15) is 16.1 Å². The molecule has 0 saturated heterocycles. The Labute approximate surface area is 150 Å². The first-order valence-electron chi connectivity index (χ1n) is 8.02. The lowest BCUT2D eigenvalue weighted by molar-refractivity contribution is -0.142. The smallest absolute Gasteiger partial charge is 0.329 e. The van der Waals surface area contributed by atoms with E-state index in [2.05, 4.69) is 10.6 Å². The molecule has 0 spiro atoms. The molecule has 0 bridgehead atoms. The molecule has 1 unspecified atom stereocenters. The minimum atomic E-state index is -1.08. The van der Waals surface area contributed by atoms with Gasteiger partial charge in [0, 0.05) is 13.0 Å². The zero-order chi connectivity index (χ0) is 18.8. The molecule has 8 heteroatoms. The number of carbonyl (C=O) groups excluding carboxylic acids is 2. The fraction of sp³-hybridized carbons (Fsp3) is 0.278. The molecule has 3 N–H and O–H groups in total. The van der Waals surface area contributed by atoms with Crippen LogP contribution in [0.2, 0.25) is 0 Å². The standard InChI is InChI=1S/C18H20N2O6/c21-16(22)12-25-10-8-19-17(23)14(11-13-5-2-1-3-6-13)20-18(24)15-7-4-9-26-15/h1-7,9,14H,8,10-12H2,(H,19,23)(H,20,24)(H,21,22). The van der Waals surface area contributed by atoms with E-state index >= 15 is 0 Å². The number of carbonyl (C=O) groups is 3. The molecule has 1 aromatic heterocycles. The summed E-state index contributed by atoms with van der Waals surface area (Å²) in [6.07, 6.45) is 1.68. The van der Waals surface area contributed by atoms with Gasteiger partial charge >= 0.3 is 5.97 Å². The van der Waals surface area contributed by atoms with Gasteiger partial charge in [0.2, 0.25) is 5.91 Å². The van der Waals surface area contributed by atoms with Crippen LogP contribution >= 0.6 is 0 Å². The average molecular weight is 360 g/mol. The van der Waals surface area contributed by atoms with Crippen molar-refractivity contribution in [3.8, 4) is 0 Å². The van der Waals surface area contributed by atoms with Crippen molar-refractivity contribution in [2.45, 2.75) is 12.5 Å². The topological polar surface area (TPSA) is 118 Å². The van der Waals surface area contributed by atoms with Gasteiger partial charge in [-0.2, -0.15) is 0 Å². The van der Waals surface area contributed by atoms with E-state index in [0.29, 0.717) is 6.42 Å². The molecule has 8 nitrogen and oxygen atoms in total. The highest BCUT2D eigenvalue weighted by molar-refractivity contribution is 5.95. The van der Waals surface area contributed by atoms with Crippen molar-refractivity contribution in [2.75, 3.05) is 19.8 Å². The molecule has 0 aliphatic rings. The summed E-state index contributed by atoms with van der Waals surface area (Å²) in [5, 5.41) is 13.8.